The number of hydrogen-bond acceptors (Lipinski definition) is 4. The Morgan fingerprint density at radius 3 is 1.07 bits per heavy atom. The van der Waals surface area contributed by atoms with Crippen molar-refractivity contribution in [1.82, 2.24) is 0 Å². The molecule has 0 bridgehead atoms. The van der Waals surface area contributed by atoms with Crippen molar-refractivity contribution in [3.63, 3.8) is 0 Å². The number of epoxide rings is 1. The first-order valence-electron chi connectivity index (χ1n) is 20.2. The van der Waals surface area contributed by atoms with Gasteiger partial charge in [0.15, 0.2) is 0 Å². The molecule has 0 aromatic carbocycles. The first-order valence-corrected chi connectivity index (χ1v) is 20.2. The van der Waals surface area contributed by atoms with Gasteiger partial charge in [-0.3, -0.25) is 0 Å². The van der Waals surface area contributed by atoms with E-state index in [9.17, 15) is 0 Å². The smallest absolute Gasteiger partial charge is 0.104 e. The molecule has 1 saturated heterocycles. The second-order valence-corrected chi connectivity index (χ2v) is 14.0. The molecule has 4 heteroatoms. The second kappa shape index (κ2) is 35.7. The van der Waals surface area contributed by atoms with Crippen LogP contribution in [0.1, 0.15) is 200 Å². The largest absolute Gasteiger partial charge is 0.381 e. The van der Waals surface area contributed by atoms with Crippen molar-refractivity contribution in [2.75, 3.05) is 46.2 Å². The van der Waals surface area contributed by atoms with Gasteiger partial charge in [0.25, 0.3) is 0 Å². The van der Waals surface area contributed by atoms with Gasteiger partial charge in [0.05, 0.1) is 26.4 Å². The molecule has 0 spiro atoms. The maximum atomic E-state index is 6.11. The Kier molecular flexibility index (Phi) is 34.0. The van der Waals surface area contributed by atoms with Gasteiger partial charge in [0, 0.05) is 25.7 Å². The monoisotopic (exact) mass is 625 g/mol. The van der Waals surface area contributed by atoms with Gasteiger partial charge in [-0.05, 0) is 19.3 Å². The highest BCUT2D eigenvalue weighted by atomic mass is 16.6. The quantitative estimate of drug-likeness (QED) is 0.0504. The molecule has 1 fully saturated rings. The third kappa shape index (κ3) is 33.2. The van der Waals surface area contributed by atoms with Crippen LogP contribution in [0.3, 0.4) is 0 Å². The molecular formula is C40H80O4. The van der Waals surface area contributed by atoms with Crippen LogP contribution in [-0.4, -0.2) is 52.4 Å². The highest BCUT2D eigenvalue weighted by molar-refractivity contribution is 4.67. The number of rotatable bonds is 39. The average molecular weight is 625 g/mol. The van der Waals surface area contributed by atoms with Crippen molar-refractivity contribution in [3.8, 4) is 0 Å². The molecule has 0 amide bonds. The van der Waals surface area contributed by atoms with Crippen LogP contribution in [0.4, 0.5) is 0 Å². The van der Waals surface area contributed by atoms with Crippen molar-refractivity contribution >= 4 is 0 Å². The van der Waals surface area contributed by atoms with E-state index in [2.05, 4.69) is 13.8 Å². The summed E-state index contributed by atoms with van der Waals surface area (Å²) >= 11 is 0. The van der Waals surface area contributed by atoms with E-state index in [1.54, 1.807) is 0 Å². The predicted molar refractivity (Wildman–Crippen MR) is 191 cm³/mol. The fraction of sp³-hybridized carbons (Fsp3) is 1.00. The summed E-state index contributed by atoms with van der Waals surface area (Å²) in [5.41, 5.74) is 0. The highest BCUT2D eigenvalue weighted by Crippen LogP contribution is 2.15. The summed E-state index contributed by atoms with van der Waals surface area (Å²) in [4.78, 5) is 0. The van der Waals surface area contributed by atoms with Crippen LogP contribution < -0.4 is 0 Å². The van der Waals surface area contributed by atoms with Crippen LogP contribution in [0, 0.1) is 5.92 Å². The Balaban J connectivity index is 1.92. The summed E-state index contributed by atoms with van der Waals surface area (Å²) in [5, 5.41) is 0. The molecule has 0 saturated carbocycles. The maximum absolute atomic E-state index is 6.11. The third-order valence-electron chi connectivity index (χ3n) is 9.37. The normalized spacial score (nSPS) is 14.7. The molecule has 0 aromatic heterocycles. The zero-order valence-corrected chi connectivity index (χ0v) is 30.2. The zero-order chi connectivity index (χ0) is 31.4. The van der Waals surface area contributed by atoms with Gasteiger partial charge in [0.1, 0.15) is 6.10 Å². The van der Waals surface area contributed by atoms with Crippen molar-refractivity contribution in [1.29, 1.82) is 0 Å². The highest BCUT2D eigenvalue weighted by Gasteiger charge is 2.22. The van der Waals surface area contributed by atoms with Gasteiger partial charge in [-0.1, -0.05) is 181 Å². The van der Waals surface area contributed by atoms with Crippen molar-refractivity contribution in [2.24, 2.45) is 5.92 Å². The second-order valence-electron chi connectivity index (χ2n) is 14.0. The van der Waals surface area contributed by atoms with E-state index >= 15 is 0 Å². The molecule has 264 valence electrons. The molecule has 1 atom stereocenters. The lowest BCUT2D eigenvalue weighted by atomic mass is 10.0. The van der Waals surface area contributed by atoms with Crippen LogP contribution in [0.2, 0.25) is 0 Å². The Morgan fingerprint density at radius 2 is 0.750 bits per heavy atom. The molecule has 1 heterocycles. The summed E-state index contributed by atoms with van der Waals surface area (Å²) in [7, 11) is 0. The van der Waals surface area contributed by atoms with E-state index in [-0.39, 0.29) is 0 Å². The van der Waals surface area contributed by atoms with Crippen molar-refractivity contribution < 1.29 is 18.9 Å². The molecule has 1 rings (SSSR count). The summed E-state index contributed by atoms with van der Waals surface area (Å²) in [6.07, 6.45) is 40.5. The van der Waals surface area contributed by atoms with E-state index in [1.807, 2.05) is 0 Å². The molecule has 0 radical (unpaired) electrons. The maximum Gasteiger partial charge on any atom is 0.104 e. The summed E-state index contributed by atoms with van der Waals surface area (Å²) in [6.45, 7) is 10.4. The van der Waals surface area contributed by atoms with Gasteiger partial charge in [-0.25, -0.2) is 0 Å². The van der Waals surface area contributed by atoms with Crippen molar-refractivity contribution in [3.05, 3.63) is 0 Å². The van der Waals surface area contributed by atoms with E-state index in [0.29, 0.717) is 12.0 Å². The molecule has 0 N–H and O–H groups in total. The molecular weight excluding hydrogens is 544 g/mol. The molecule has 4 nitrogen and oxygen atoms in total. The predicted octanol–water partition coefficient (Wildman–Crippen LogP) is 12.4. The van der Waals surface area contributed by atoms with Gasteiger partial charge in [-0.2, -0.15) is 0 Å². The Labute approximate surface area is 276 Å². The number of unbranched alkanes of at least 4 members (excludes halogenated alkanes) is 26. The summed E-state index contributed by atoms with van der Waals surface area (Å²) < 4.78 is 23.3. The lowest BCUT2D eigenvalue weighted by Gasteiger charge is -2.17. The standard InChI is InChI=1S/C40H80O4/c1-3-5-7-9-11-13-15-17-19-21-23-25-27-29-32-41-35-39(31-34-43-37-40-38-44-40)36-42-33-30-28-26-24-22-20-18-16-14-12-10-8-6-4-2/h39-40H,3-38H2,1-2H3. The van der Waals surface area contributed by atoms with Gasteiger partial charge in [-0.15, -0.1) is 0 Å². The summed E-state index contributed by atoms with van der Waals surface area (Å²) in [5.74, 6) is 0.438. The first-order chi connectivity index (χ1) is 21.9. The topological polar surface area (TPSA) is 40.2 Å². The third-order valence-corrected chi connectivity index (χ3v) is 9.37. The number of ether oxygens (including phenoxy) is 4. The Hall–Kier alpha value is -0.160. The van der Waals surface area contributed by atoms with Gasteiger partial charge < -0.3 is 18.9 Å². The minimum atomic E-state index is 0.349. The average Bonchev–Trinajstić information content (AvgIpc) is 3.87. The molecule has 0 aliphatic carbocycles. The first kappa shape index (κ1) is 41.9. The van der Waals surface area contributed by atoms with Crippen LogP contribution in [0.25, 0.3) is 0 Å². The van der Waals surface area contributed by atoms with E-state index in [4.69, 9.17) is 18.9 Å². The van der Waals surface area contributed by atoms with E-state index in [1.165, 1.54) is 180 Å². The lowest BCUT2D eigenvalue weighted by Crippen LogP contribution is -2.20. The van der Waals surface area contributed by atoms with E-state index < -0.39 is 0 Å². The van der Waals surface area contributed by atoms with Crippen LogP contribution >= 0.6 is 0 Å². The van der Waals surface area contributed by atoms with Gasteiger partial charge in [0.2, 0.25) is 0 Å². The molecule has 44 heavy (non-hydrogen) atoms. The molecule has 0 aromatic rings. The lowest BCUT2D eigenvalue weighted by molar-refractivity contribution is 0.0176. The van der Waals surface area contributed by atoms with Gasteiger partial charge >= 0.3 is 0 Å². The zero-order valence-electron chi connectivity index (χ0n) is 30.2. The van der Waals surface area contributed by atoms with Crippen LogP contribution in [0.15, 0.2) is 0 Å². The van der Waals surface area contributed by atoms with Crippen LogP contribution in [-0.2, 0) is 18.9 Å². The Bertz CT molecular complexity index is 488. The molecule has 1 aliphatic heterocycles. The minimum Gasteiger partial charge on any atom is -0.381 e. The SMILES string of the molecule is CCCCCCCCCCCCCCCCOCC(CCOCC1CO1)COCCCCCCCCCCCCCCCC. The summed E-state index contributed by atoms with van der Waals surface area (Å²) in [6, 6.07) is 0. The fourth-order valence-electron chi connectivity index (χ4n) is 6.14. The fourth-order valence-corrected chi connectivity index (χ4v) is 6.14. The van der Waals surface area contributed by atoms with Crippen molar-refractivity contribution in [2.45, 2.75) is 206 Å². The Morgan fingerprint density at radius 1 is 0.432 bits per heavy atom. The van der Waals surface area contributed by atoms with E-state index in [0.717, 1.165) is 52.7 Å². The number of hydrogen-bond donors (Lipinski definition) is 0. The van der Waals surface area contributed by atoms with Crippen LogP contribution in [0.5, 0.6) is 0 Å². The molecule has 1 aliphatic rings. The molecule has 1 unspecified atom stereocenters. The minimum absolute atomic E-state index is 0.349.